The number of carbonyl (C=O) groups is 2. The number of aliphatic carboxylic acids is 2. The predicted octanol–water partition coefficient (Wildman–Crippen LogP) is 0.921. The van der Waals surface area contributed by atoms with Crippen LogP contribution in [0.3, 0.4) is 0 Å². The lowest BCUT2D eigenvalue weighted by atomic mass is 10.1. The third kappa shape index (κ3) is 6.37. The largest absolute Gasteiger partial charge is 0.760 e. The summed E-state index contributed by atoms with van der Waals surface area (Å²) in [4.78, 5) is 20.8. The van der Waals surface area contributed by atoms with E-state index in [2.05, 4.69) is 0 Å². The van der Waals surface area contributed by atoms with Crippen molar-refractivity contribution in [2.45, 2.75) is 18.0 Å². The molecular formula is C18H17F2N2O8S2-. The molecule has 0 aliphatic heterocycles. The van der Waals surface area contributed by atoms with E-state index >= 15 is 0 Å². The van der Waals surface area contributed by atoms with Gasteiger partial charge in [-0.05, 0) is 23.3 Å². The standard InChI is InChI=1S/C18H18F2N2O8S2/c19-14-6-3-7-15(20)18(14)32(29,30)22(11-17(25)26)9-13-5-2-1-4-12(13)8-21(31(27)28)10-16(23)24/h1-7H,8-11H2,(H,23,24)(H,25,26)(H,27,28)/p-1. The topological polar surface area (TPSA) is 155 Å². The first-order valence-corrected chi connectivity index (χ1v) is 11.2. The molecule has 0 radical (unpaired) electrons. The molecule has 0 fully saturated rings. The van der Waals surface area contributed by atoms with Crippen LogP contribution in [-0.2, 0) is 44.0 Å². The Bertz CT molecular complexity index is 1120. The smallest absolute Gasteiger partial charge is 0.318 e. The van der Waals surface area contributed by atoms with Gasteiger partial charge in [-0.15, -0.1) is 0 Å². The number of benzene rings is 2. The monoisotopic (exact) mass is 491 g/mol. The fraction of sp³-hybridized carbons (Fsp3) is 0.222. The average molecular weight is 491 g/mol. The normalized spacial score (nSPS) is 12.8. The zero-order chi connectivity index (χ0) is 24.1. The van der Waals surface area contributed by atoms with Gasteiger partial charge in [0.15, 0.2) is 4.90 Å². The Morgan fingerprint density at radius 1 is 0.906 bits per heavy atom. The van der Waals surface area contributed by atoms with Gasteiger partial charge >= 0.3 is 11.9 Å². The van der Waals surface area contributed by atoms with Crippen LogP contribution in [0.5, 0.6) is 0 Å². The fourth-order valence-electron chi connectivity index (χ4n) is 2.79. The summed E-state index contributed by atoms with van der Waals surface area (Å²) < 4.78 is 77.6. The SMILES string of the molecule is O=C(O)CN(Cc1ccccc1CN(CC(=O)O)S(=O)(=O)c1c(F)cccc1F)S(=O)[O-]. The Hall–Kier alpha value is -2.78. The maximum absolute atomic E-state index is 14.1. The molecule has 174 valence electrons. The van der Waals surface area contributed by atoms with E-state index in [0.717, 1.165) is 6.07 Å². The van der Waals surface area contributed by atoms with Crippen molar-refractivity contribution < 1.29 is 45.8 Å². The molecule has 0 saturated carbocycles. The highest BCUT2D eigenvalue weighted by Crippen LogP contribution is 2.25. The van der Waals surface area contributed by atoms with Crippen molar-refractivity contribution in [3.05, 3.63) is 65.2 Å². The van der Waals surface area contributed by atoms with Gasteiger partial charge in [-0.25, -0.2) is 21.5 Å². The zero-order valence-corrected chi connectivity index (χ0v) is 17.8. The molecule has 0 aliphatic rings. The number of carboxylic acid groups (broad SMARTS) is 2. The molecule has 10 nitrogen and oxygen atoms in total. The van der Waals surface area contributed by atoms with Crippen molar-refractivity contribution in [1.29, 1.82) is 0 Å². The Morgan fingerprint density at radius 2 is 1.41 bits per heavy atom. The number of nitrogens with zero attached hydrogens (tertiary/aromatic N) is 2. The Kier molecular flexibility index (Phi) is 8.51. The number of hydrogen-bond donors (Lipinski definition) is 2. The highest BCUT2D eigenvalue weighted by atomic mass is 32.2. The molecule has 0 saturated heterocycles. The molecule has 0 amide bonds. The minimum absolute atomic E-state index is 0.106. The van der Waals surface area contributed by atoms with Crippen LogP contribution in [0.4, 0.5) is 8.78 Å². The fourth-order valence-corrected chi connectivity index (χ4v) is 4.73. The first kappa shape index (κ1) is 25.5. The van der Waals surface area contributed by atoms with Crippen molar-refractivity contribution in [2.75, 3.05) is 13.1 Å². The number of sulfonamides is 1. The molecule has 14 heteroatoms. The molecule has 2 N–H and O–H groups in total. The number of hydrogen-bond acceptors (Lipinski definition) is 6. The van der Waals surface area contributed by atoms with Gasteiger partial charge in [-0.2, -0.15) is 4.31 Å². The zero-order valence-electron chi connectivity index (χ0n) is 16.2. The van der Waals surface area contributed by atoms with Crippen molar-refractivity contribution in [1.82, 2.24) is 8.61 Å². The van der Waals surface area contributed by atoms with E-state index in [-0.39, 0.29) is 11.1 Å². The molecule has 0 aromatic heterocycles. The summed E-state index contributed by atoms with van der Waals surface area (Å²) in [6, 6.07) is 8.01. The van der Waals surface area contributed by atoms with Gasteiger partial charge in [0.25, 0.3) is 0 Å². The molecule has 0 spiro atoms. The summed E-state index contributed by atoms with van der Waals surface area (Å²) >= 11 is -2.93. The van der Waals surface area contributed by atoms with E-state index in [0.29, 0.717) is 20.7 Å². The number of carboxylic acids is 2. The Morgan fingerprint density at radius 3 is 1.88 bits per heavy atom. The van der Waals surface area contributed by atoms with Crippen molar-refractivity contribution >= 4 is 33.2 Å². The quantitative estimate of drug-likeness (QED) is 0.440. The van der Waals surface area contributed by atoms with Crippen molar-refractivity contribution in [3.8, 4) is 0 Å². The van der Waals surface area contributed by atoms with Crippen LogP contribution in [-0.4, -0.2) is 61.0 Å². The van der Waals surface area contributed by atoms with E-state index in [9.17, 15) is 35.5 Å². The average Bonchev–Trinajstić information content (AvgIpc) is 2.67. The summed E-state index contributed by atoms with van der Waals surface area (Å²) in [7, 11) is -4.96. The van der Waals surface area contributed by atoms with Crippen LogP contribution >= 0.6 is 0 Å². The predicted molar refractivity (Wildman–Crippen MR) is 105 cm³/mol. The molecule has 1 atom stereocenters. The Labute approximate surface area is 184 Å². The molecule has 0 bridgehead atoms. The van der Waals surface area contributed by atoms with Crippen molar-refractivity contribution in [3.63, 3.8) is 0 Å². The van der Waals surface area contributed by atoms with E-state index in [4.69, 9.17) is 10.2 Å². The van der Waals surface area contributed by atoms with Gasteiger partial charge in [0.2, 0.25) is 10.0 Å². The highest BCUT2D eigenvalue weighted by Gasteiger charge is 2.32. The molecule has 0 heterocycles. The van der Waals surface area contributed by atoms with Gasteiger partial charge < -0.3 is 14.8 Å². The van der Waals surface area contributed by atoms with E-state index < -0.39 is 75.9 Å². The second kappa shape index (κ2) is 10.7. The van der Waals surface area contributed by atoms with Crippen LogP contribution in [0, 0.1) is 11.6 Å². The van der Waals surface area contributed by atoms with E-state index in [1.807, 2.05) is 0 Å². The van der Waals surface area contributed by atoms with Crippen LogP contribution in [0.25, 0.3) is 0 Å². The second-order valence-electron chi connectivity index (χ2n) is 6.40. The lowest BCUT2D eigenvalue weighted by Crippen LogP contribution is -2.37. The van der Waals surface area contributed by atoms with Crippen LogP contribution < -0.4 is 0 Å². The minimum atomic E-state index is -4.96. The molecule has 1 unspecified atom stereocenters. The summed E-state index contributed by atoms with van der Waals surface area (Å²) in [6.07, 6.45) is 0. The third-order valence-electron chi connectivity index (χ3n) is 4.16. The van der Waals surface area contributed by atoms with Crippen LogP contribution in [0.15, 0.2) is 47.4 Å². The van der Waals surface area contributed by atoms with E-state index in [1.165, 1.54) is 24.3 Å². The molecule has 32 heavy (non-hydrogen) atoms. The summed E-state index contributed by atoms with van der Waals surface area (Å²) in [5.41, 5.74) is 0.271. The highest BCUT2D eigenvalue weighted by molar-refractivity contribution is 7.89. The summed E-state index contributed by atoms with van der Waals surface area (Å²) in [5.74, 6) is -5.86. The number of halogens is 2. The lowest BCUT2D eigenvalue weighted by molar-refractivity contribution is -0.138. The minimum Gasteiger partial charge on any atom is -0.760 e. The van der Waals surface area contributed by atoms with E-state index in [1.54, 1.807) is 0 Å². The molecule has 2 aromatic carbocycles. The van der Waals surface area contributed by atoms with Crippen LogP contribution in [0.2, 0.25) is 0 Å². The van der Waals surface area contributed by atoms with Gasteiger partial charge in [0, 0.05) is 24.4 Å². The summed E-state index contributed by atoms with van der Waals surface area (Å²) in [6.45, 7) is -3.16. The molecule has 0 aliphatic carbocycles. The Balaban J connectivity index is 2.48. The molecule has 2 rings (SSSR count). The van der Waals surface area contributed by atoms with Crippen LogP contribution in [0.1, 0.15) is 11.1 Å². The second-order valence-corrected chi connectivity index (χ2v) is 9.22. The van der Waals surface area contributed by atoms with Gasteiger partial charge in [-0.3, -0.25) is 13.8 Å². The first-order valence-electron chi connectivity index (χ1n) is 8.72. The third-order valence-corrected chi connectivity index (χ3v) is 6.69. The molecule has 2 aromatic rings. The lowest BCUT2D eigenvalue weighted by Gasteiger charge is -2.25. The van der Waals surface area contributed by atoms with Gasteiger partial charge in [0.1, 0.15) is 24.7 Å². The van der Waals surface area contributed by atoms with Gasteiger partial charge in [0.05, 0.1) is 0 Å². The first-order chi connectivity index (χ1) is 14.9. The maximum atomic E-state index is 14.1. The number of rotatable bonds is 11. The summed E-state index contributed by atoms with van der Waals surface area (Å²) in [5, 5.41) is 18.0. The maximum Gasteiger partial charge on any atom is 0.318 e. The van der Waals surface area contributed by atoms with Crippen molar-refractivity contribution in [2.24, 2.45) is 0 Å². The molecular weight excluding hydrogens is 474 g/mol. The van der Waals surface area contributed by atoms with Gasteiger partial charge in [-0.1, -0.05) is 30.3 Å².